The monoisotopic (exact) mass is 416 g/mol. The van der Waals surface area contributed by atoms with Gasteiger partial charge in [0.25, 0.3) is 5.91 Å². The van der Waals surface area contributed by atoms with Gasteiger partial charge in [-0.1, -0.05) is 19.9 Å². The molecule has 2 atom stereocenters. The summed E-state index contributed by atoms with van der Waals surface area (Å²) in [5.41, 5.74) is 0.887. The molecule has 1 saturated heterocycles. The highest BCUT2D eigenvalue weighted by molar-refractivity contribution is 7.12. The summed E-state index contributed by atoms with van der Waals surface area (Å²) in [6.45, 7) is 5.57. The van der Waals surface area contributed by atoms with Crippen LogP contribution in [0.15, 0.2) is 35.7 Å². The predicted octanol–water partition coefficient (Wildman–Crippen LogP) is 3.39. The SMILES string of the molecule is COc1ccc(OC)c([C@H]2CN(C(=O)c3cccs3)C[C@H]2C(=O)NCC(C)C)c1. The third-order valence-corrected chi connectivity index (χ3v) is 6.05. The van der Waals surface area contributed by atoms with Crippen molar-refractivity contribution in [1.82, 2.24) is 10.2 Å². The molecule has 7 heteroatoms. The van der Waals surface area contributed by atoms with E-state index in [2.05, 4.69) is 19.2 Å². The quantitative estimate of drug-likeness (QED) is 0.751. The van der Waals surface area contributed by atoms with Gasteiger partial charge in [0, 0.05) is 31.1 Å². The Morgan fingerprint density at radius 1 is 1.21 bits per heavy atom. The molecule has 1 aromatic carbocycles. The Labute approximate surface area is 175 Å². The molecular weight excluding hydrogens is 388 g/mol. The van der Waals surface area contributed by atoms with Crippen molar-refractivity contribution in [3.63, 3.8) is 0 Å². The molecule has 0 spiro atoms. The zero-order valence-electron chi connectivity index (χ0n) is 17.3. The number of hydrogen-bond donors (Lipinski definition) is 1. The molecule has 6 nitrogen and oxygen atoms in total. The van der Waals surface area contributed by atoms with E-state index in [0.29, 0.717) is 41.9 Å². The topological polar surface area (TPSA) is 67.9 Å². The lowest BCUT2D eigenvalue weighted by atomic mass is 9.87. The zero-order chi connectivity index (χ0) is 21.0. The summed E-state index contributed by atoms with van der Waals surface area (Å²) in [6.07, 6.45) is 0. The first-order valence-electron chi connectivity index (χ1n) is 9.77. The van der Waals surface area contributed by atoms with Crippen molar-refractivity contribution < 1.29 is 19.1 Å². The van der Waals surface area contributed by atoms with Crippen molar-refractivity contribution in [3.05, 3.63) is 46.2 Å². The minimum absolute atomic E-state index is 0.0324. The maximum atomic E-state index is 13.0. The molecule has 2 amide bonds. The van der Waals surface area contributed by atoms with Crippen molar-refractivity contribution in [1.29, 1.82) is 0 Å². The number of nitrogens with one attached hydrogen (secondary N) is 1. The fraction of sp³-hybridized carbons (Fsp3) is 0.455. The Bertz CT molecular complexity index is 851. The Morgan fingerprint density at radius 3 is 2.62 bits per heavy atom. The van der Waals surface area contributed by atoms with E-state index < -0.39 is 0 Å². The first-order chi connectivity index (χ1) is 13.9. The third-order valence-electron chi connectivity index (χ3n) is 5.20. The number of ether oxygens (including phenoxy) is 2. The van der Waals surface area contributed by atoms with Crippen molar-refractivity contribution in [3.8, 4) is 11.5 Å². The Hall–Kier alpha value is -2.54. The standard InChI is InChI=1S/C22H28N2O4S/c1-14(2)11-23-21(25)18-13-24(22(26)20-6-5-9-29-20)12-17(18)16-10-15(27-3)7-8-19(16)28-4/h5-10,14,17-18H,11-13H2,1-4H3,(H,23,25)/t17-,18-/m1/s1. The molecule has 1 N–H and O–H groups in total. The van der Waals surface area contributed by atoms with Crippen LogP contribution in [-0.4, -0.2) is 50.6 Å². The van der Waals surface area contributed by atoms with Crippen LogP contribution in [0.1, 0.15) is 35.0 Å². The van der Waals surface area contributed by atoms with Gasteiger partial charge in [-0.2, -0.15) is 0 Å². The largest absolute Gasteiger partial charge is 0.497 e. The molecule has 2 heterocycles. The van der Waals surface area contributed by atoms with E-state index in [1.54, 1.807) is 19.1 Å². The fourth-order valence-electron chi connectivity index (χ4n) is 3.67. The molecule has 1 fully saturated rings. The first-order valence-corrected chi connectivity index (χ1v) is 10.6. The van der Waals surface area contributed by atoms with Gasteiger partial charge in [-0.25, -0.2) is 0 Å². The highest BCUT2D eigenvalue weighted by atomic mass is 32.1. The van der Waals surface area contributed by atoms with Crippen LogP contribution < -0.4 is 14.8 Å². The van der Waals surface area contributed by atoms with E-state index in [9.17, 15) is 9.59 Å². The number of methoxy groups -OCH3 is 2. The molecule has 29 heavy (non-hydrogen) atoms. The smallest absolute Gasteiger partial charge is 0.263 e. The number of likely N-dealkylation sites (tertiary alicyclic amines) is 1. The molecule has 0 radical (unpaired) electrons. The number of carbonyl (C=O) groups is 2. The Morgan fingerprint density at radius 2 is 2.00 bits per heavy atom. The molecule has 0 unspecified atom stereocenters. The van der Waals surface area contributed by atoms with Crippen LogP contribution >= 0.6 is 11.3 Å². The number of rotatable bonds is 7. The fourth-order valence-corrected chi connectivity index (χ4v) is 4.36. The van der Waals surface area contributed by atoms with Gasteiger partial charge in [0.05, 0.1) is 25.0 Å². The molecule has 0 saturated carbocycles. The molecule has 3 rings (SSSR count). The lowest BCUT2D eigenvalue weighted by Crippen LogP contribution is -2.37. The maximum absolute atomic E-state index is 13.0. The minimum atomic E-state index is -0.348. The highest BCUT2D eigenvalue weighted by Crippen LogP contribution is 2.40. The van der Waals surface area contributed by atoms with Crippen molar-refractivity contribution in [2.75, 3.05) is 33.9 Å². The van der Waals surface area contributed by atoms with Crippen molar-refractivity contribution in [2.24, 2.45) is 11.8 Å². The Balaban J connectivity index is 1.92. The van der Waals surface area contributed by atoms with Gasteiger partial charge in [-0.3, -0.25) is 9.59 Å². The van der Waals surface area contributed by atoms with Crippen LogP contribution in [0.4, 0.5) is 0 Å². The zero-order valence-corrected chi connectivity index (χ0v) is 18.1. The number of hydrogen-bond acceptors (Lipinski definition) is 5. The van der Waals surface area contributed by atoms with E-state index >= 15 is 0 Å². The lowest BCUT2D eigenvalue weighted by Gasteiger charge is -2.21. The number of nitrogens with zero attached hydrogens (tertiary/aromatic N) is 1. The van der Waals surface area contributed by atoms with E-state index in [4.69, 9.17) is 9.47 Å². The van der Waals surface area contributed by atoms with Gasteiger partial charge in [0.2, 0.25) is 5.91 Å². The molecular formula is C22H28N2O4S. The molecule has 1 aliphatic heterocycles. The summed E-state index contributed by atoms with van der Waals surface area (Å²) < 4.78 is 10.9. The van der Waals surface area contributed by atoms with Crippen LogP contribution in [0.5, 0.6) is 11.5 Å². The average molecular weight is 417 g/mol. The molecule has 2 aromatic rings. The highest BCUT2D eigenvalue weighted by Gasteiger charge is 2.42. The Kier molecular flexibility index (Phi) is 6.79. The summed E-state index contributed by atoms with van der Waals surface area (Å²) >= 11 is 1.42. The van der Waals surface area contributed by atoms with E-state index in [-0.39, 0.29) is 23.7 Å². The summed E-state index contributed by atoms with van der Waals surface area (Å²) in [5, 5.41) is 4.93. The van der Waals surface area contributed by atoms with Crippen LogP contribution in [-0.2, 0) is 4.79 Å². The van der Waals surface area contributed by atoms with Crippen LogP contribution in [0.25, 0.3) is 0 Å². The second-order valence-electron chi connectivity index (χ2n) is 7.65. The predicted molar refractivity (Wildman–Crippen MR) is 114 cm³/mol. The van der Waals surface area contributed by atoms with Gasteiger partial charge in [0.15, 0.2) is 0 Å². The molecule has 156 valence electrons. The van der Waals surface area contributed by atoms with E-state index in [1.807, 2.05) is 35.7 Å². The van der Waals surface area contributed by atoms with Gasteiger partial charge in [0.1, 0.15) is 11.5 Å². The van der Waals surface area contributed by atoms with Crippen LogP contribution in [0, 0.1) is 11.8 Å². The third kappa shape index (κ3) is 4.72. The molecule has 0 bridgehead atoms. The molecule has 0 aliphatic carbocycles. The number of carbonyl (C=O) groups excluding carboxylic acids is 2. The van der Waals surface area contributed by atoms with Crippen LogP contribution in [0.3, 0.4) is 0 Å². The minimum Gasteiger partial charge on any atom is -0.497 e. The average Bonchev–Trinajstić information content (AvgIpc) is 3.41. The van der Waals surface area contributed by atoms with Crippen molar-refractivity contribution >= 4 is 23.2 Å². The summed E-state index contributed by atoms with van der Waals surface area (Å²) in [6, 6.07) is 9.27. The van der Waals surface area contributed by atoms with Gasteiger partial charge in [-0.05, 0) is 35.6 Å². The summed E-state index contributed by atoms with van der Waals surface area (Å²) in [4.78, 5) is 28.4. The van der Waals surface area contributed by atoms with Gasteiger partial charge >= 0.3 is 0 Å². The van der Waals surface area contributed by atoms with E-state index in [0.717, 1.165) is 5.56 Å². The number of benzene rings is 1. The van der Waals surface area contributed by atoms with E-state index in [1.165, 1.54) is 11.3 Å². The van der Waals surface area contributed by atoms with Crippen molar-refractivity contribution in [2.45, 2.75) is 19.8 Å². The number of amides is 2. The lowest BCUT2D eigenvalue weighted by molar-refractivity contribution is -0.125. The van der Waals surface area contributed by atoms with Gasteiger partial charge in [-0.15, -0.1) is 11.3 Å². The number of thiophene rings is 1. The summed E-state index contributed by atoms with van der Waals surface area (Å²) in [5.74, 6) is 1.16. The second-order valence-corrected chi connectivity index (χ2v) is 8.59. The second kappa shape index (κ2) is 9.31. The summed E-state index contributed by atoms with van der Waals surface area (Å²) in [7, 11) is 3.22. The van der Waals surface area contributed by atoms with Gasteiger partial charge < -0.3 is 19.7 Å². The molecule has 1 aliphatic rings. The maximum Gasteiger partial charge on any atom is 0.263 e. The molecule has 1 aromatic heterocycles. The van der Waals surface area contributed by atoms with Crippen LogP contribution in [0.2, 0.25) is 0 Å². The first kappa shape index (κ1) is 21.2. The normalized spacial score (nSPS) is 18.7.